The Hall–Kier alpha value is -2.09. The average molecular weight is 294 g/mol. The molecule has 116 valence electrons. The van der Waals surface area contributed by atoms with Gasteiger partial charge in [0.2, 0.25) is 0 Å². The third-order valence-corrected chi connectivity index (χ3v) is 3.61. The Morgan fingerprint density at radius 3 is 1.95 bits per heavy atom. The fourth-order valence-corrected chi connectivity index (χ4v) is 2.50. The van der Waals surface area contributed by atoms with Crippen LogP contribution in [0.1, 0.15) is 37.5 Å². The molecule has 2 rings (SSSR count). The van der Waals surface area contributed by atoms with Crippen LogP contribution in [0.4, 0.5) is 11.4 Å². The summed E-state index contributed by atoms with van der Waals surface area (Å²) in [6.07, 6.45) is 0. The highest BCUT2D eigenvalue weighted by Gasteiger charge is 2.20. The van der Waals surface area contributed by atoms with Crippen LogP contribution in [0.3, 0.4) is 0 Å². The van der Waals surface area contributed by atoms with Gasteiger partial charge in [0.1, 0.15) is 5.84 Å². The van der Waals surface area contributed by atoms with Gasteiger partial charge in [-0.2, -0.15) is 0 Å². The van der Waals surface area contributed by atoms with E-state index in [9.17, 15) is 0 Å². The van der Waals surface area contributed by atoms with Crippen molar-refractivity contribution in [2.24, 2.45) is 10.4 Å². The molecule has 0 aliphatic rings. The normalized spacial score (nSPS) is 12.4. The molecule has 0 saturated heterocycles. The van der Waals surface area contributed by atoms with Crippen LogP contribution in [-0.4, -0.2) is 5.84 Å². The fraction of sp³-hybridized carbons (Fsp3) is 0.350. The van der Waals surface area contributed by atoms with Gasteiger partial charge in [-0.15, -0.1) is 0 Å². The van der Waals surface area contributed by atoms with E-state index in [1.165, 1.54) is 16.7 Å². The molecule has 2 aromatic carbocycles. The summed E-state index contributed by atoms with van der Waals surface area (Å²) in [4.78, 5) is 4.97. The molecule has 0 aliphatic heterocycles. The summed E-state index contributed by atoms with van der Waals surface area (Å²) in [5.41, 5.74) is 5.79. The second kappa shape index (κ2) is 6.35. The number of para-hydroxylation sites is 1. The molecule has 0 heterocycles. The molecule has 0 aliphatic carbocycles. The van der Waals surface area contributed by atoms with Crippen molar-refractivity contribution in [3.05, 3.63) is 59.2 Å². The predicted octanol–water partition coefficient (Wildman–Crippen LogP) is 5.80. The van der Waals surface area contributed by atoms with Crippen molar-refractivity contribution in [3.8, 4) is 0 Å². The molecule has 2 nitrogen and oxygen atoms in total. The topological polar surface area (TPSA) is 24.4 Å². The van der Waals surface area contributed by atoms with Crippen LogP contribution in [0.15, 0.2) is 47.5 Å². The van der Waals surface area contributed by atoms with Gasteiger partial charge >= 0.3 is 0 Å². The molecular weight excluding hydrogens is 268 g/mol. The van der Waals surface area contributed by atoms with Gasteiger partial charge in [0.15, 0.2) is 0 Å². The quantitative estimate of drug-likeness (QED) is 0.549. The van der Waals surface area contributed by atoms with Gasteiger partial charge in [-0.05, 0) is 44.0 Å². The predicted molar refractivity (Wildman–Crippen MR) is 97.3 cm³/mol. The summed E-state index contributed by atoms with van der Waals surface area (Å²) >= 11 is 0. The van der Waals surface area contributed by atoms with Gasteiger partial charge in [0, 0.05) is 11.1 Å². The van der Waals surface area contributed by atoms with Crippen molar-refractivity contribution in [3.63, 3.8) is 0 Å². The molecule has 0 fully saturated rings. The number of hydrogen-bond acceptors (Lipinski definition) is 1. The van der Waals surface area contributed by atoms with Gasteiger partial charge in [-0.25, -0.2) is 4.99 Å². The molecule has 0 saturated carbocycles. The Kier molecular flexibility index (Phi) is 4.70. The standard InChI is InChI=1S/C20H26N2/c1-14-12-15(2)18(16(3)13-14)22-19(20(4,5)6)21-17-10-8-7-9-11-17/h7-13H,1-6H3,(H,21,22). The minimum absolute atomic E-state index is 0.0559. The summed E-state index contributed by atoms with van der Waals surface area (Å²) in [5.74, 6) is 0.980. The van der Waals surface area contributed by atoms with Crippen molar-refractivity contribution in [1.82, 2.24) is 0 Å². The zero-order valence-electron chi connectivity index (χ0n) is 14.5. The average Bonchev–Trinajstić information content (AvgIpc) is 2.41. The van der Waals surface area contributed by atoms with Crippen molar-refractivity contribution in [1.29, 1.82) is 0 Å². The lowest BCUT2D eigenvalue weighted by Gasteiger charge is -2.24. The summed E-state index contributed by atoms with van der Waals surface area (Å²) in [6.45, 7) is 12.9. The summed E-state index contributed by atoms with van der Waals surface area (Å²) in [6, 6.07) is 14.6. The Labute approximate surface area is 134 Å². The molecule has 0 spiro atoms. The van der Waals surface area contributed by atoms with E-state index in [1.54, 1.807) is 0 Å². The molecule has 0 aromatic heterocycles. The Morgan fingerprint density at radius 2 is 1.45 bits per heavy atom. The van der Waals surface area contributed by atoms with E-state index >= 15 is 0 Å². The maximum Gasteiger partial charge on any atom is 0.112 e. The van der Waals surface area contributed by atoms with Gasteiger partial charge in [-0.1, -0.05) is 56.7 Å². The molecule has 0 radical (unpaired) electrons. The zero-order chi connectivity index (χ0) is 16.3. The highest BCUT2D eigenvalue weighted by atomic mass is 15.0. The summed E-state index contributed by atoms with van der Waals surface area (Å²) in [7, 11) is 0. The SMILES string of the molecule is Cc1cc(C)c(N=C(Nc2ccccc2)C(C)(C)C)c(C)c1. The van der Waals surface area contributed by atoms with Crippen molar-refractivity contribution >= 4 is 17.2 Å². The third kappa shape index (κ3) is 3.97. The lowest BCUT2D eigenvalue weighted by Crippen LogP contribution is -2.28. The number of nitrogens with zero attached hydrogens (tertiary/aromatic N) is 1. The van der Waals surface area contributed by atoms with Crippen LogP contribution < -0.4 is 5.32 Å². The van der Waals surface area contributed by atoms with Crippen LogP contribution in [0.2, 0.25) is 0 Å². The van der Waals surface area contributed by atoms with Gasteiger partial charge in [0.05, 0.1) is 5.69 Å². The summed E-state index contributed by atoms with van der Waals surface area (Å²) < 4.78 is 0. The van der Waals surface area contributed by atoms with Crippen molar-refractivity contribution in [2.75, 3.05) is 5.32 Å². The zero-order valence-corrected chi connectivity index (χ0v) is 14.5. The van der Waals surface area contributed by atoms with E-state index < -0.39 is 0 Å². The summed E-state index contributed by atoms with van der Waals surface area (Å²) in [5, 5.41) is 3.49. The monoisotopic (exact) mass is 294 g/mol. The van der Waals surface area contributed by atoms with Crippen LogP contribution in [0.5, 0.6) is 0 Å². The third-order valence-electron chi connectivity index (χ3n) is 3.61. The number of aliphatic imine (C=N–C) groups is 1. The number of benzene rings is 2. The molecule has 2 heteroatoms. The Bertz CT molecular complexity index is 654. The van der Waals surface area contributed by atoms with E-state index in [0.717, 1.165) is 17.2 Å². The maximum absolute atomic E-state index is 4.97. The van der Waals surface area contributed by atoms with E-state index in [1.807, 2.05) is 18.2 Å². The first-order valence-electron chi connectivity index (χ1n) is 7.76. The number of hydrogen-bond donors (Lipinski definition) is 1. The Balaban J connectivity index is 2.47. The second-order valence-electron chi connectivity index (χ2n) is 6.95. The first-order chi connectivity index (χ1) is 10.3. The molecule has 1 N–H and O–H groups in total. The molecule has 0 bridgehead atoms. The number of aryl methyl sites for hydroxylation is 3. The van der Waals surface area contributed by atoms with E-state index in [0.29, 0.717) is 0 Å². The highest BCUT2D eigenvalue weighted by Crippen LogP contribution is 2.28. The number of anilines is 1. The van der Waals surface area contributed by atoms with Crippen molar-refractivity contribution in [2.45, 2.75) is 41.5 Å². The molecule has 22 heavy (non-hydrogen) atoms. The fourth-order valence-electron chi connectivity index (χ4n) is 2.50. The van der Waals surface area contributed by atoms with Crippen LogP contribution in [0.25, 0.3) is 0 Å². The molecule has 0 atom stereocenters. The minimum atomic E-state index is -0.0559. The van der Waals surface area contributed by atoms with Crippen LogP contribution >= 0.6 is 0 Å². The van der Waals surface area contributed by atoms with Crippen molar-refractivity contribution < 1.29 is 0 Å². The minimum Gasteiger partial charge on any atom is -0.343 e. The number of amidine groups is 1. The smallest absolute Gasteiger partial charge is 0.112 e. The first kappa shape index (κ1) is 16.3. The second-order valence-corrected chi connectivity index (χ2v) is 6.95. The number of nitrogens with one attached hydrogen (secondary N) is 1. The number of rotatable bonds is 2. The highest BCUT2D eigenvalue weighted by molar-refractivity contribution is 6.00. The molecule has 0 unspecified atom stereocenters. The lowest BCUT2D eigenvalue weighted by molar-refractivity contribution is 0.590. The first-order valence-corrected chi connectivity index (χ1v) is 7.76. The lowest BCUT2D eigenvalue weighted by atomic mass is 9.94. The van der Waals surface area contributed by atoms with E-state index in [-0.39, 0.29) is 5.41 Å². The Morgan fingerprint density at radius 1 is 0.909 bits per heavy atom. The largest absolute Gasteiger partial charge is 0.343 e. The molecular formula is C20H26N2. The van der Waals surface area contributed by atoms with Crippen LogP contribution in [0, 0.1) is 26.2 Å². The van der Waals surface area contributed by atoms with Gasteiger partial charge < -0.3 is 5.32 Å². The van der Waals surface area contributed by atoms with Gasteiger partial charge in [-0.3, -0.25) is 0 Å². The molecule has 2 aromatic rings. The van der Waals surface area contributed by atoms with E-state index in [2.05, 4.69) is 71.1 Å². The van der Waals surface area contributed by atoms with Crippen LogP contribution in [-0.2, 0) is 0 Å². The maximum atomic E-state index is 4.97. The van der Waals surface area contributed by atoms with E-state index in [4.69, 9.17) is 4.99 Å². The van der Waals surface area contributed by atoms with Gasteiger partial charge in [0.25, 0.3) is 0 Å². The molecule has 0 amide bonds.